The van der Waals surface area contributed by atoms with E-state index in [1.165, 1.54) is 6.92 Å². The molecule has 3 aromatic carbocycles. The quantitative estimate of drug-likeness (QED) is 0.701. The lowest BCUT2D eigenvalue weighted by molar-refractivity contribution is -0.116. The molecule has 0 bridgehead atoms. The Bertz CT molecular complexity index is 1150. The van der Waals surface area contributed by atoms with E-state index < -0.39 is 33.6 Å². The number of rotatable bonds is 5. The number of amides is 1. The van der Waals surface area contributed by atoms with Gasteiger partial charge in [-0.3, -0.25) is 9.10 Å². The molecule has 5 nitrogen and oxygen atoms in total. The van der Waals surface area contributed by atoms with Gasteiger partial charge in [0, 0.05) is 11.8 Å². The maximum Gasteiger partial charge on any atom is 0.247 e. The van der Waals surface area contributed by atoms with Gasteiger partial charge in [-0.1, -0.05) is 30.3 Å². The minimum Gasteiger partial charge on any atom is -0.324 e. The van der Waals surface area contributed by atoms with Gasteiger partial charge >= 0.3 is 0 Å². The second-order valence-electron chi connectivity index (χ2n) is 6.38. The fourth-order valence-corrected chi connectivity index (χ4v) is 4.11. The Balaban J connectivity index is 1.90. The van der Waals surface area contributed by atoms with Gasteiger partial charge in [-0.15, -0.1) is 0 Å². The lowest BCUT2D eigenvalue weighted by atomic mass is 10.1. The van der Waals surface area contributed by atoms with Crippen LogP contribution in [0.5, 0.6) is 0 Å². The van der Waals surface area contributed by atoms with E-state index in [-0.39, 0.29) is 5.69 Å². The summed E-state index contributed by atoms with van der Waals surface area (Å²) >= 11 is 0. The zero-order valence-electron chi connectivity index (χ0n) is 15.2. The Labute approximate surface area is 161 Å². The number of nitrogens with zero attached hydrogens (tertiary/aromatic N) is 1. The molecule has 1 N–H and O–H groups in total. The fourth-order valence-electron chi connectivity index (χ4n) is 2.94. The number of halogens is 2. The number of anilines is 2. The summed E-state index contributed by atoms with van der Waals surface area (Å²) in [6.45, 7) is 1.37. The number of carbonyl (C=O) groups is 1. The van der Waals surface area contributed by atoms with E-state index >= 15 is 0 Å². The molecule has 0 aliphatic heterocycles. The third kappa shape index (κ3) is 4.12. The van der Waals surface area contributed by atoms with Gasteiger partial charge in [-0.2, -0.15) is 0 Å². The molecule has 0 saturated heterocycles. The Morgan fingerprint density at radius 1 is 0.964 bits per heavy atom. The molecule has 0 saturated carbocycles. The normalized spacial score (nSPS) is 12.6. The number of carbonyl (C=O) groups excluding carboxylic acids is 1. The first-order valence-corrected chi connectivity index (χ1v) is 10.3. The molecule has 0 radical (unpaired) electrons. The van der Waals surface area contributed by atoms with Crippen molar-refractivity contribution in [1.82, 2.24) is 0 Å². The summed E-state index contributed by atoms with van der Waals surface area (Å²) < 4.78 is 52.0. The van der Waals surface area contributed by atoms with E-state index in [1.54, 1.807) is 12.1 Å². The second kappa shape index (κ2) is 7.55. The van der Waals surface area contributed by atoms with Crippen LogP contribution in [-0.4, -0.2) is 26.6 Å². The maximum absolute atomic E-state index is 13.6. The largest absolute Gasteiger partial charge is 0.324 e. The van der Waals surface area contributed by atoms with E-state index in [9.17, 15) is 22.0 Å². The predicted molar refractivity (Wildman–Crippen MR) is 106 cm³/mol. The van der Waals surface area contributed by atoms with Crippen molar-refractivity contribution in [3.8, 4) is 0 Å². The molecule has 3 rings (SSSR count). The molecule has 0 heterocycles. The van der Waals surface area contributed by atoms with Gasteiger partial charge in [0.2, 0.25) is 15.9 Å². The molecular weight excluding hydrogens is 386 g/mol. The van der Waals surface area contributed by atoms with Gasteiger partial charge in [-0.25, -0.2) is 17.2 Å². The molecule has 0 aliphatic carbocycles. The number of benzene rings is 3. The van der Waals surface area contributed by atoms with Crippen LogP contribution >= 0.6 is 0 Å². The highest BCUT2D eigenvalue weighted by Crippen LogP contribution is 2.24. The van der Waals surface area contributed by atoms with Gasteiger partial charge in [0.05, 0.1) is 11.9 Å². The van der Waals surface area contributed by atoms with Gasteiger partial charge in [0.25, 0.3) is 0 Å². The monoisotopic (exact) mass is 404 g/mol. The fraction of sp³-hybridized carbons (Fsp3) is 0.150. The van der Waals surface area contributed by atoms with E-state index in [4.69, 9.17) is 0 Å². The first kappa shape index (κ1) is 19.8. The average molecular weight is 404 g/mol. The summed E-state index contributed by atoms with van der Waals surface area (Å²) in [5.74, 6) is -2.91. The summed E-state index contributed by atoms with van der Waals surface area (Å²) in [5.41, 5.74) is 0.358. The Hall–Kier alpha value is -3.00. The summed E-state index contributed by atoms with van der Waals surface area (Å²) in [4.78, 5) is 12.7. The molecule has 1 atom stereocenters. The minimum absolute atomic E-state index is 0.137. The minimum atomic E-state index is -3.94. The molecule has 0 unspecified atom stereocenters. The molecule has 3 aromatic rings. The maximum atomic E-state index is 13.6. The molecule has 8 heteroatoms. The van der Waals surface area contributed by atoms with Crippen LogP contribution in [0.15, 0.2) is 60.7 Å². The highest BCUT2D eigenvalue weighted by molar-refractivity contribution is 7.92. The number of sulfonamides is 1. The van der Waals surface area contributed by atoms with Crippen molar-refractivity contribution in [3.05, 3.63) is 72.3 Å². The zero-order chi connectivity index (χ0) is 20.5. The number of nitrogens with one attached hydrogen (secondary N) is 1. The van der Waals surface area contributed by atoms with E-state index in [0.29, 0.717) is 5.69 Å². The topological polar surface area (TPSA) is 66.5 Å². The van der Waals surface area contributed by atoms with Crippen molar-refractivity contribution in [2.75, 3.05) is 15.9 Å². The van der Waals surface area contributed by atoms with Crippen molar-refractivity contribution in [2.24, 2.45) is 0 Å². The van der Waals surface area contributed by atoms with Crippen molar-refractivity contribution >= 4 is 38.1 Å². The summed E-state index contributed by atoms with van der Waals surface area (Å²) in [5, 5.41) is 4.57. The standard InChI is InChI=1S/C20H18F2N2O3S/c1-13(24(28(2,26)27)17-9-10-18(21)19(22)12-17)20(25)23-16-8-7-14-5-3-4-6-15(14)11-16/h3-13H,1-2H3,(H,23,25)/t13-/m0/s1. The van der Waals surface area contributed by atoms with Crippen LogP contribution in [-0.2, 0) is 14.8 Å². The van der Waals surface area contributed by atoms with Crippen molar-refractivity contribution in [2.45, 2.75) is 13.0 Å². The first-order valence-electron chi connectivity index (χ1n) is 8.41. The van der Waals surface area contributed by atoms with Gasteiger partial charge in [-0.05, 0) is 42.0 Å². The highest BCUT2D eigenvalue weighted by atomic mass is 32.2. The summed E-state index contributed by atoms with van der Waals surface area (Å²) in [6, 6.07) is 14.4. The van der Waals surface area contributed by atoms with Crippen LogP contribution in [0, 0.1) is 11.6 Å². The van der Waals surface area contributed by atoms with Crippen molar-refractivity contribution in [3.63, 3.8) is 0 Å². The van der Waals surface area contributed by atoms with E-state index in [2.05, 4.69) is 5.32 Å². The SMILES string of the molecule is C[C@@H](C(=O)Nc1ccc2ccccc2c1)N(c1ccc(F)c(F)c1)S(C)(=O)=O. The molecule has 0 aliphatic rings. The highest BCUT2D eigenvalue weighted by Gasteiger charge is 2.29. The van der Waals surface area contributed by atoms with Gasteiger partial charge in [0.1, 0.15) is 6.04 Å². The van der Waals surface area contributed by atoms with Crippen LogP contribution in [0.2, 0.25) is 0 Å². The molecule has 146 valence electrons. The lowest BCUT2D eigenvalue weighted by Gasteiger charge is -2.28. The predicted octanol–water partition coefficient (Wildman–Crippen LogP) is 3.91. The van der Waals surface area contributed by atoms with Crippen LogP contribution in [0.3, 0.4) is 0 Å². The van der Waals surface area contributed by atoms with E-state index in [0.717, 1.165) is 39.5 Å². The molecule has 0 fully saturated rings. The number of hydrogen-bond acceptors (Lipinski definition) is 3. The van der Waals surface area contributed by atoms with Crippen LogP contribution < -0.4 is 9.62 Å². The van der Waals surface area contributed by atoms with Crippen LogP contribution in [0.4, 0.5) is 20.2 Å². The molecule has 28 heavy (non-hydrogen) atoms. The zero-order valence-corrected chi connectivity index (χ0v) is 16.0. The van der Waals surface area contributed by atoms with Gasteiger partial charge in [0.15, 0.2) is 11.6 Å². The van der Waals surface area contributed by atoms with Crippen molar-refractivity contribution < 1.29 is 22.0 Å². The number of hydrogen-bond donors (Lipinski definition) is 1. The third-order valence-electron chi connectivity index (χ3n) is 4.26. The molecule has 1 amide bonds. The first-order chi connectivity index (χ1) is 13.2. The average Bonchev–Trinajstić information content (AvgIpc) is 2.63. The molecule has 0 aromatic heterocycles. The van der Waals surface area contributed by atoms with E-state index in [1.807, 2.05) is 30.3 Å². The summed E-state index contributed by atoms with van der Waals surface area (Å²) in [6.07, 6.45) is 0.897. The van der Waals surface area contributed by atoms with Crippen molar-refractivity contribution in [1.29, 1.82) is 0 Å². The summed E-state index contributed by atoms with van der Waals surface area (Å²) in [7, 11) is -3.94. The lowest BCUT2D eigenvalue weighted by Crippen LogP contribution is -2.45. The Morgan fingerprint density at radius 3 is 2.29 bits per heavy atom. The molecule has 0 spiro atoms. The Kier molecular flexibility index (Phi) is 5.33. The van der Waals surface area contributed by atoms with Crippen LogP contribution in [0.25, 0.3) is 10.8 Å². The molecular formula is C20H18F2N2O3S. The second-order valence-corrected chi connectivity index (χ2v) is 8.24. The Morgan fingerprint density at radius 2 is 1.64 bits per heavy atom. The van der Waals surface area contributed by atoms with Crippen LogP contribution in [0.1, 0.15) is 6.92 Å². The number of fused-ring (bicyclic) bond motifs is 1. The smallest absolute Gasteiger partial charge is 0.247 e. The third-order valence-corrected chi connectivity index (χ3v) is 5.50. The van der Waals surface area contributed by atoms with Gasteiger partial charge < -0.3 is 5.32 Å².